The molecule has 0 aliphatic carbocycles. The van der Waals surface area contributed by atoms with E-state index in [0.717, 1.165) is 0 Å². The number of hydrogen-bond acceptors (Lipinski definition) is 7. The molecule has 0 aliphatic rings. The average Bonchev–Trinajstić information content (AvgIpc) is 2.47. The molecule has 11 heteroatoms. The van der Waals surface area contributed by atoms with Gasteiger partial charge in [0.1, 0.15) is 6.61 Å². The van der Waals surface area contributed by atoms with Gasteiger partial charge < -0.3 is 21.8 Å². The molecule has 30 heavy (non-hydrogen) atoms. The molecule has 7 nitrogen and oxygen atoms in total. The number of ether oxygens (including phenoxy) is 2. The van der Waals surface area contributed by atoms with Crippen molar-refractivity contribution < 1.29 is 31.4 Å². The lowest BCUT2D eigenvalue weighted by atomic mass is 10.2. The minimum atomic E-state index is -2.93. The molecule has 176 valence electrons. The molecule has 0 fully saturated rings. The molecule has 0 amide bonds. The minimum Gasteiger partial charge on any atom is -0.460 e. The van der Waals surface area contributed by atoms with Gasteiger partial charge in [-0.3, -0.25) is 4.79 Å². The molecule has 0 bridgehead atoms. The SMILES string of the molecule is COCCOC(=O)/C=C/C(=O)CCC[Si](O[Si](C)(C)C)(O[Si](C)(C)C)O[Si](C)(C)C. The normalized spacial score (nSPS) is 13.7. The summed E-state index contributed by atoms with van der Waals surface area (Å²) < 4.78 is 29.5. The number of hydrogen-bond donors (Lipinski definition) is 0. The lowest BCUT2D eigenvalue weighted by Crippen LogP contribution is -2.60. The van der Waals surface area contributed by atoms with Crippen LogP contribution in [0.25, 0.3) is 0 Å². The lowest BCUT2D eigenvalue weighted by molar-refractivity contribution is -0.139. The third kappa shape index (κ3) is 16.3. The van der Waals surface area contributed by atoms with Gasteiger partial charge in [0.2, 0.25) is 0 Å². The summed E-state index contributed by atoms with van der Waals surface area (Å²) in [4.78, 5) is 23.8. The highest BCUT2D eigenvalue weighted by Gasteiger charge is 2.49. The van der Waals surface area contributed by atoms with Gasteiger partial charge >= 0.3 is 14.8 Å². The Kier molecular flexibility index (Phi) is 12.4. The van der Waals surface area contributed by atoms with Gasteiger partial charge in [-0.15, -0.1) is 0 Å². The quantitative estimate of drug-likeness (QED) is 0.143. The van der Waals surface area contributed by atoms with Gasteiger partial charge in [0.15, 0.2) is 30.7 Å². The first-order chi connectivity index (χ1) is 13.5. The Morgan fingerprint density at radius 2 is 1.20 bits per heavy atom. The van der Waals surface area contributed by atoms with E-state index in [1.165, 1.54) is 19.3 Å². The van der Waals surface area contributed by atoms with Gasteiger partial charge in [0.05, 0.1) is 6.61 Å². The second-order valence-electron chi connectivity index (χ2n) is 10.1. The largest absolute Gasteiger partial charge is 0.469 e. The van der Waals surface area contributed by atoms with Crippen molar-refractivity contribution in [2.75, 3.05) is 20.3 Å². The number of carbonyl (C=O) groups excluding carboxylic acids is 2. The Balaban J connectivity index is 5.14. The zero-order valence-corrected chi connectivity index (χ0v) is 24.5. The molecule has 0 spiro atoms. The Hall–Kier alpha value is -0.412. The number of rotatable bonds is 15. The maximum Gasteiger partial charge on any atom is 0.469 e. The van der Waals surface area contributed by atoms with Crippen LogP contribution >= 0.6 is 0 Å². The first-order valence-electron chi connectivity index (χ1n) is 10.4. The summed E-state index contributed by atoms with van der Waals surface area (Å²) in [6, 6.07) is 0.601. The number of carbonyl (C=O) groups is 2. The topological polar surface area (TPSA) is 80.3 Å². The molecule has 0 aliphatic heterocycles. The van der Waals surface area contributed by atoms with Crippen LogP contribution in [0.5, 0.6) is 0 Å². The van der Waals surface area contributed by atoms with Crippen molar-refractivity contribution in [1.29, 1.82) is 0 Å². The molecular formula is C19H42O7Si4. The zero-order valence-electron chi connectivity index (χ0n) is 20.5. The fourth-order valence-electron chi connectivity index (χ4n) is 2.61. The van der Waals surface area contributed by atoms with Crippen LogP contribution in [0, 0.1) is 0 Å². The van der Waals surface area contributed by atoms with Crippen LogP contribution in [-0.4, -0.2) is 65.8 Å². The molecule has 0 aromatic rings. The van der Waals surface area contributed by atoms with E-state index < -0.39 is 39.7 Å². The molecule has 0 atom stereocenters. The second-order valence-corrected chi connectivity index (χ2v) is 27.1. The van der Waals surface area contributed by atoms with E-state index in [9.17, 15) is 9.59 Å². The lowest BCUT2D eigenvalue weighted by Gasteiger charge is -2.42. The molecular weight excluding hydrogens is 453 g/mol. The predicted octanol–water partition coefficient (Wildman–Crippen LogP) is 4.57. The highest BCUT2D eigenvalue weighted by Crippen LogP contribution is 2.30. The van der Waals surface area contributed by atoms with Crippen LogP contribution in [0.1, 0.15) is 12.8 Å². The Morgan fingerprint density at radius 1 is 0.733 bits per heavy atom. The van der Waals surface area contributed by atoms with Crippen LogP contribution in [0.15, 0.2) is 12.2 Å². The molecule has 0 aromatic heterocycles. The fraction of sp³-hybridized carbons (Fsp3) is 0.789. The molecule has 0 saturated heterocycles. The maximum absolute atomic E-state index is 12.2. The molecule has 0 unspecified atom stereocenters. The first-order valence-corrected chi connectivity index (χ1v) is 22.6. The Labute approximate surface area is 187 Å². The third-order valence-electron chi connectivity index (χ3n) is 3.23. The average molecular weight is 495 g/mol. The highest BCUT2D eigenvalue weighted by atomic mass is 28.5. The van der Waals surface area contributed by atoms with Gasteiger partial charge in [-0.1, -0.05) is 0 Å². The smallest absolute Gasteiger partial charge is 0.460 e. The number of esters is 1. The van der Waals surface area contributed by atoms with E-state index in [2.05, 4.69) is 58.9 Å². The van der Waals surface area contributed by atoms with E-state index in [-0.39, 0.29) is 12.4 Å². The summed E-state index contributed by atoms with van der Waals surface area (Å²) in [6.07, 6.45) is 3.33. The van der Waals surface area contributed by atoms with Crippen LogP contribution in [0.2, 0.25) is 65.0 Å². The summed E-state index contributed by atoms with van der Waals surface area (Å²) in [5.74, 6) is -0.675. The summed E-state index contributed by atoms with van der Waals surface area (Å²) in [5.41, 5.74) is 0. The molecule has 0 saturated carbocycles. The minimum absolute atomic E-state index is 0.129. The van der Waals surface area contributed by atoms with Crippen molar-refractivity contribution in [1.82, 2.24) is 0 Å². The van der Waals surface area contributed by atoms with Gasteiger partial charge in [-0.25, -0.2) is 4.79 Å². The number of ketones is 1. The molecule has 0 heterocycles. The third-order valence-corrected chi connectivity index (χ3v) is 15.3. The van der Waals surface area contributed by atoms with Crippen LogP contribution in [0.4, 0.5) is 0 Å². The van der Waals surface area contributed by atoms with Crippen molar-refractivity contribution in [2.45, 2.75) is 77.8 Å². The number of methoxy groups -OCH3 is 1. The Morgan fingerprint density at radius 3 is 1.60 bits per heavy atom. The van der Waals surface area contributed by atoms with Crippen molar-refractivity contribution >= 4 is 45.5 Å². The van der Waals surface area contributed by atoms with E-state index in [0.29, 0.717) is 25.5 Å². The highest BCUT2D eigenvalue weighted by molar-refractivity contribution is 6.90. The first kappa shape index (κ1) is 29.6. The Bertz CT molecular complexity index is 534. The van der Waals surface area contributed by atoms with Crippen LogP contribution in [0.3, 0.4) is 0 Å². The summed E-state index contributed by atoms with van der Waals surface area (Å²) >= 11 is 0. The molecule has 0 aromatic carbocycles. The standard InChI is InChI=1S/C19H42O7Si4/c1-22-15-16-23-19(21)14-13-18(20)12-11-17-30(24-27(2,3)4,25-28(5,6)7)26-29(8,9)10/h13-14H,11-12,15-17H2,1-10H3/b14-13+. The van der Waals surface area contributed by atoms with Crippen molar-refractivity contribution in [2.24, 2.45) is 0 Å². The number of allylic oxidation sites excluding steroid dienone is 1. The molecule has 0 N–H and O–H groups in total. The maximum atomic E-state index is 12.2. The second kappa shape index (κ2) is 12.6. The van der Waals surface area contributed by atoms with E-state index >= 15 is 0 Å². The predicted molar refractivity (Wildman–Crippen MR) is 130 cm³/mol. The van der Waals surface area contributed by atoms with Gasteiger partial charge in [-0.05, 0) is 71.4 Å². The zero-order chi connectivity index (χ0) is 23.6. The summed E-state index contributed by atoms with van der Waals surface area (Å²) in [6.45, 7) is 19.7. The van der Waals surface area contributed by atoms with Crippen LogP contribution < -0.4 is 0 Å². The van der Waals surface area contributed by atoms with Crippen molar-refractivity contribution in [3.05, 3.63) is 12.2 Å². The molecule has 0 rings (SSSR count). The van der Waals surface area contributed by atoms with Crippen molar-refractivity contribution in [3.8, 4) is 0 Å². The van der Waals surface area contributed by atoms with Gasteiger partial charge in [0.25, 0.3) is 0 Å². The summed E-state index contributed by atoms with van der Waals surface area (Å²) in [7, 11) is -7.19. The van der Waals surface area contributed by atoms with Gasteiger partial charge in [0, 0.05) is 25.7 Å². The fourth-order valence-corrected chi connectivity index (χ4v) is 17.3. The summed E-state index contributed by atoms with van der Waals surface area (Å²) in [5, 5.41) is 0. The van der Waals surface area contributed by atoms with E-state index in [4.69, 9.17) is 21.8 Å². The van der Waals surface area contributed by atoms with Crippen molar-refractivity contribution in [3.63, 3.8) is 0 Å². The molecule has 0 radical (unpaired) electrons. The van der Waals surface area contributed by atoms with E-state index in [1.54, 1.807) is 0 Å². The monoisotopic (exact) mass is 494 g/mol. The van der Waals surface area contributed by atoms with Gasteiger partial charge in [-0.2, -0.15) is 0 Å². The van der Waals surface area contributed by atoms with Crippen LogP contribution in [-0.2, 0) is 31.4 Å². The van der Waals surface area contributed by atoms with E-state index in [1.807, 2.05) is 0 Å².